The summed E-state index contributed by atoms with van der Waals surface area (Å²) in [4.78, 5) is 34.4. The molecule has 5 heteroatoms. The van der Waals surface area contributed by atoms with Gasteiger partial charge in [-0.1, -0.05) is 6.42 Å². The number of amides is 2. The summed E-state index contributed by atoms with van der Waals surface area (Å²) < 4.78 is 0. The van der Waals surface area contributed by atoms with Gasteiger partial charge in [0.15, 0.2) is 5.78 Å². The van der Waals surface area contributed by atoms with E-state index in [4.69, 9.17) is 0 Å². The van der Waals surface area contributed by atoms with Crippen LogP contribution in [0.4, 0.5) is 5.69 Å². The van der Waals surface area contributed by atoms with Crippen LogP contribution in [0.1, 0.15) is 36.5 Å². The Morgan fingerprint density at radius 3 is 2.30 bits per heavy atom. The van der Waals surface area contributed by atoms with Crippen molar-refractivity contribution in [2.75, 3.05) is 11.9 Å². The van der Waals surface area contributed by atoms with Crippen LogP contribution in [0.2, 0.25) is 0 Å². The molecule has 20 heavy (non-hydrogen) atoms. The van der Waals surface area contributed by atoms with Gasteiger partial charge in [-0.05, 0) is 44.0 Å². The van der Waals surface area contributed by atoms with Crippen LogP contribution in [0.3, 0.4) is 0 Å². The van der Waals surface area contributed by atoms with E-state index in [0.717, 1.165) is 19.3 Å². The Kier molecular flexibility index (Phi) is 4.50. The van der Waals surface area contributed by atoms with Gasteiger partial charge in [0, 0.05) is 17.2 Å². The van der Waals surface area contributed by atoms with E-state index in [1.165, 1.54) is 6.92 Å². The zero-order chi connectivity index (χ0) is 14.5. The molecule has 2 N–H and O–H groups in total. The maximum Gasteiger partial charge on any atom is 0.243 e. The summed E-state index contributed by atoms with van der Waals surface area (Å²) in [5.74, 6) is -0.250. The molecular formula is C15H18N2O3. The van der Waals surface area contributed by atoms with Crippen molar-refractivity contribution >= 4 is 23.3 Å². The van der Waals surface area contributed by atoms with Crippen molar-refractivity contribution in [2.45, 2.75) is 26.2 Å². The fourth-order valence-corrected chi connectivity index (χ4v) is 1.98. The van der Waals surface area contributed by atoms with Crippen LogP contribution in [0.5, 0.6) is 0 Å². The first kappa shape index (κ1) is 14.2. The van der Waals surface area contributed by atoms with Crippen molar-refractivity contribution in [3.05, 3.63) is 29.8 Å². The molecule has 1 aliphatic carbocycles. The van der Waals surface area contributed by atoms with Crippen LogP contribution in [-0.2, 0) is 9.59 Å². The molecule has 0 heterocycles. The van der Waals surface area contributed by atoms with E-state index >= 15 is 0 Å². The summed E-state index contributed by atoms with van der Waals surface area (Å²) in [6.45, 7) is 1.47. The molecule has 0 aliphatic heterocycles. The van der Waals surface area contributed by atoms with Gasteiger partial charge in [0.25, 0.3) is 0 Å². The molecular weight excluding hydrogens is 256 g/mol. The molecule has 2 amide bonds. The van der Waals surface area contributed by atoms with E-state index in [2.05, 4.69) is 10.6 Å². The Hall–Kier alpha value is -2.17. The number of Topliss-reactive ketones (excluding diaryl/α,β-unsaturated/α-hetero) is 1. The molecule has 0 unspecified atom stereocenters. The van der Waals surface area contributed by atoms with Crippen molar-refractivity contribution in [2.24, 2.45) is 5.92 Å². The van der Waals surface area contributed by atoms with E-state index in [0.29, 0.717) is 11.3 Å². The summed E-state index contributed by atoms with van der Waals surface area (Å²) in [5.41, 5.74) is 1.21. The monoisotopic (exact) mass is 274 g/mol. The summed E-state index contributed by atoms with van der Waals surface area (Å²) in [6.07, 6.45) is 2.92. The van der Waals surface area contributed by atoms with Gasteiger partial charge in [-0.3, -0.25) is 14.4 Å². The fraction of sp³-hybridized carbons (Fsp3) is 0.400. The number of benzene rings is 1. The Bertz CT molecular complexity index is 518. The molecule has 0 radical (unpaired) electrons. The molecule has 1 aromatic carbocycles. The van der Waals surface area contributed by atoms with Crippen molar-refractivity contribution in [3.63, 3.8) is 0 Å². The lowest BCUT2D eigenvalue weighted by Gasteiger charge is -2.23. The van der Waals surface area contributed by atoms with Crippen molar-refractivity contribution in [3.8, 4) is 0 Å². The van der Waals surface area contributed by atoms with Crippen molar-refractivity contribution < 1.29 is 14.4 Å². The third-order valence-corrected chi connectivity index (χ3v) is 3.47. The molecule has 1 aromatic rings. The quantitative estimate of drug-likeness (QED) is 0.803. The average molecular weight is 274 g/mol. The van der Waals surface area contributed by atoms with Crippen LogP contribution in [0.15, 0.2) is 24.3 Å². The minimum atomic E-state index is -0.270. The number of hydrogen-bond acceptors (Lipinski definition) is 3. The Balaban J connectivity index is 1.78. The minimum Gasteiger partial charge on any atom is -0.347 e. The van der Waals surface area contributed by atoms with Crippen LogP contribution in [-0.4, -0.2) is 24.1 Å². The highest BCUT2D eigenvalue weighted by Crippen LogP contribution is 2.25. The lowest BCUT2D eigenvalue weighted by molar-refractivity contribution is -0.129. The van der Waals surface area contributed by atoms with E-state index in [-0.39, 0.29) is 30.1 Å². The van der Waals surface area contributed by atoms with Crippen LogP contribution in [0, 0.1) is 5.92 Å². The van der Waals surface area contributed by atoms with Crippen LogP contribution in [0.25, 0.3) is 0 Å². The molecule has 2 rings (SSSR count). The first-order chi connectivity index (χ1) is 9.56. The first-order valence-electron chi connectivity index (χ1n) is 6.75. The maximum absolute atomic E-state index is 11.7. The largest absolute Gasteiger partial charge is 0.347 e. The second-order valence-corrected chi connectivity index (χ2v) is 5.03. The van der Waals surface area contributed by atoms with Gasteiger partial charge < -0.3 is 10.6 Å². The van der Waals surface area contributed by atoms with Gasteiger partial charge >= 0.3 is 0 Å². The predicted molar refractivity (Wildman–Crippen MR) is 75.4 cm³/mol. The highest BCUT2D eigenvalue weighted by molar-refractivity contribution is 5.97. The second-order valence-electron chi connectivity index (χ2n) is 5.03. The molecule has 0 saturated heterocycles. The molecule has 0 atom stereocenters. The molecule has 0 spiro atoms. The third kappa shape index (κ3) is 3.66. The Morgan fingerprint density at radius 1 is 1.15 bits per heavy atom. The van der Waals surface area contributed by atoms with Crippen molar-refractivity contribution in [1.29, 1.82) is 0 Å². The standard InChI is InChI=1S/C15H18N2O3/c1-10(18)11-5-7-13(8-6-11)17-14(19)9-16-15(20)12-3-2-4-12/h5-8,12H,2-4,9H2,1H3,(H,16,20)(H,17,19). The molecule has 0 bridgehead atoms. The van der Waals surface area contributed by atoms with Gasteiger partial charge in [-0.2, -0.15) is 0 Å². The highest BCUT2D eigenvalue weighted by Gasteiger charge is 2.25. The molecule has 1 saturated carbocycles. The summed E-state index contributed by atoms with van der Waals surface area (Å²) in [7, 11) is 0. The van der Waals surface area contributed by atoms with E-state index < -0.39 is 0 Å². The van der Waals surface area contributed by atoms with Gasteiger partial charge in [0.05, 0.1) is 6.54 Å². The zero-order valence-corrected chi connectivity index (χ0v) is 11.4. The lowest BCUT2D eigenvalue weighted by Crippen LogP contribution is -2.39. The minimum absolute atomic E-state index is 0.0179. The highest BCUT2D eigenvalue weighted by atomic mass is 16.2. The summed E-state index contributed by atoms with van der Waals surface area (Å²) in [5, 5.41) is 5.30. The van der Waals surface area contributed by atoms with Gasteiger partial charge in [0.2, 0.25) is 11.8 Å². The molecule has 1 fully saturated rings. The number of carbonyl (C=O) groups is 3. The van der Waals surface area contributed by atoms with Gasteiger partial charge in [-0.15, -0.1) is 0 Å². The predicted octanol–water partition coefficient (Wildman–Crippen LogP) is 1.74. The lowest BCUT2D eigenvalue weighted by atomic mass is 9.85. The molecule has 106 valence electrons. The second kappa shape index (κ2) is 6.32. The normalized spacial score (nSPS) is 14.2. The third-order valence-electron chi connectivity index (χ3n) is 3.47. The fourth-order valence-electron chi connectivity index (χ4n) is 1.98. The SMILES string of the molecule is CC(=O)c1ccc(NC(=O)CNC(=O)C2CCC2)cc1. The molecule has 5 nitrogen and oxygen atoms in total. The van der Waals surface area contributed by atoms with Crippen LogP contribution < -0.4 is 10.6 Å². The topological polar surface area (TPSA) is 75.3 Å². The molecule has 1 aliphatic rings. The number of anilines is 1. The van der Waals surface area contributed by atoms with Crippen LogP contribution >= 0.6 is 0 Å². The van der Waals surface area contributed by atoms with E-state index in [9.17, 15) is 14.4 Å². The average Bonchev–Trinajstić information content (AvgIpc) is 2.35. The number of rotatable bonds is 5. The number of carbonyl (C=O) groups excluding carboxylic acids is 3. The van der Waals surface area contributed by atoms with Crippen molar-refractivity contribution in [1.82, 2.24) is 5.32 Å². The van der Waals surface area contributed by atoms with E-state index in [1.807, 2.05) is 0 Å². The van der Waals surface area contributed by atoms with Gasteiger partial charge in [0.1, 0.15) is 0 Å². The maximum atomic E-state index is 11.7. The van der Waals surface area contributed by atoms with E-state index in [1.54, 1.807) is 24.3 Å². The Labute approximate surface area is 117 Å². The Morgan fingerprint density at radius 2 is 1.80 bits per heavy atom. The summed E-state index contributed by atoms with van der Waals surface area (Å²) >= 11 is 0. The first-order valence-corrected chi connectivity index (χ1v) is 6.75. The summed E-state index contributed by atoms with van der Waals surface area (Å²) in [6, 6.07) is 6.65. The number of hydrogen-bond donors (Lipinski definition) is 2. The van der Waals surface area contributed by atoms with Gasteiger partial charge in [-0.25, -0.2) is 0 Å². The number of nitrogens with one attached hydrogen (secondary N) is 2. The molecule has 0 aromatic heterocycles. The zero-order valence-electron chi connectivity index (χ0n) is 11.4. The number of ketones is 1. The smallest absolute Gasteiger partial charge is 0.243 e.